The van der Waals surface area contributed by atoms with Crippen LogP contribution < -0.4 is 5.32 Å². The van der Waals surface area contributed by atoms with E-state index in [1.54, 1.807) is 0 Å². The zero-order valence-corrected chi connectivity index (χ0v) is 15.5. The highest BCUT2D eigenvalue weighted by Crippen LogP contribution is 2.32. The second kappa shape index (κ2) is 6.72. The molecule has 1 aromatic carbocycles. The Labute approximate surface area is 154 Å². The zero-order chi connectivity index (χ0) is 18.3. The maximum absolute atomic E-state index is 12.1. The lowest BCUT2D eigenvalue weighted by Gasteiger charge is -2.28. The smallest absolute Gasteiger partial charge is 0.246 e. The van der Waals surface area contributed by atoms with Crippen LogP contribution in [0.1, 0.15) is 48.3 Å². The molecule has 5 nitrogen and oxygen atoms in total. The van der Waals surface area contributed by atoms with Crippen LogP contribution in [0.15, 0.2) is 36.9 Å². The first-order chi connectivity index (χ1) is 12.6. The molecule has 0 unspecified atom stereocenters. The largest absolute Gasteiger partial charge is 0.337 e. The van der Waals surface area contributed by atoms with Gasteiger partial charge in [0, 0.05) is 38.0 Å². The van der Waals surface area contributed by atoms with Gasteiger partial charge < -0.3 is 10.2 Å². The zero-order valence-electron chi connectivity index (χ0n) is 15.5. The van der Waals surface area contributed by atoms with E-state index in [9.17, 15) is 4.79 Å². The SMILES string of the molecule is C=CC(=O)N1CCc2nn(-c3ccc(C(C)C)cc3)c3c2[C@@H](C1)NCC3. The number of aromatic nitrogens is 2. The Kier molecular flexibility index (Phi) is 4.41. The van der Waals surface area contributed by atoms with Gasteiger partial charge in [-0.2, -0.15) is 5.10 Å². The lowest BCUT2D eigenvalue weighted by Crippen LogP contribution is -2.40. The molecule has 0 spiro atoms. The molecule has 5 heteroatoms. The average molecular weight is 350 g/mol. The van der Waals surface area contributed by atoms with Crippen molar-refractivity contribution in [2.45, 2.75) is 38.6 Å². The molecular weight excluding hydrogens is 324 g/mol. The fourth-order valence-corrected chi connectivity index (χ4v) is 4.06. The predicted molar refractivity (Wildman–Crippen MR) is 103 cm³/mol. The van der Waals surface area contributed by atoms with Crippen molar-refractivity contribution >= 4 is 5.91 Å². The van der Waals surface area contributed by atoms with Crippen LogP contribution in [-0.2, 0) is 17.6 Å². The quantitative estimate of drug-likeness (QED) is 0.866. The van der Waals surface area contributed by atoms with Gasteiger partial charge in [-0.15, -0.1) is 0 Å². The summed E-state index contributed by atoms with van der Waals surface area (Å²) in [5.74, 6) is 0.528. The van der Waals surface area contributed by atoms with Gasteiger partial charge in [-0.05, 0) is 29.7 Å². The van der Waals surface area contributed by atoms with Crippen LogP contribution in [-0.4, -0.2) is 40.2 Å². The van der Waals surface area contributed by atoms with Gasteiger partial charge in [-0.25, -0.2) is 4.68 Å². The molecule has 1 aromatic heterocycles. The van der Waals surface area contributed by atoms with E-state index in [4.69, 9.17) is 5.10 Å². The van der Waals surface area contributed by atoms with E-state index in [0.717, 1.165) is 30.8 Å². The number of carbonyl (C=O) groups is 1. The number of benzene rings is 1. The molecule has 0 saturated heterocycles. The lowest BCUT2D eigenvalue weighted by atomic mass is 9.98. The molecule has 2 aromatic rings. The molecular formula is C21H26N4O. The molecule has 2 aliphatic rings. The molecule has 0 radical (unpaired) electrons. The van der Waals surface area contributed by atoms with Gasteiger partial charge in [0.05, 0.1) is 23.1 Å². The molecule has 0 bridgehead atoms. The number of nitrogens with zero attached hydrogens (tertiary/aromatic N) is 3. The fraction of sp³-hybridized carbons (Fsp3) is 0.429. The van der Waals surface area contributed by atoms with Gasteiger partial charge in [-0.3, -0.25) is 4.79 Å². The fourth-order valence-electron chi connectivity index (χ4n) is 4.06. The van der Waals surface area contributed by atoms with Crippen molar-refractivity contribution in [2.24, 2.45) is 0 Å². The Morgan fingerprint density at radius 2 is 2.08 bits per heavy atom. The van der Waals surface area contributed by atoms with E-state index < -0.39 is 0 Å². The number of amides is 1. The van der Waals surface area contributed by atoms with Crippen molar-refractivity contribution in [1.82, 2.24) is 20.0 Å². The third kappa shape index (κ3) is 2.86. The maximum atomic E-state index is 12.1. The maximum Gasteiger partial charge on any atom is 0.246 e. The van der Waals surface area contributed by atoms with Crippen LogP contribution in [0, 0.1) is 0 Å². The molecule has 136 valence electrons. The molecule has 0 fully saturated rings. The van der Waals surface area contributed by atoms with Gasteiger partial charge in [0.2, 0.25) is 5.91 Å². The van der Waals surface area contributed by atoms with Crippen LogP contribution in [0.2, 0.25) is 0 Å². The highest BCUT2D eigenvalue weighted by atomic mass is 16.2. The summed E-state index contributed by atoms with van der Waals surface area (Å²) in [6, 6.07) is 8.89. The molecule has 3 heterocycles. The summed E-state index contributed by atoms with van der Waals surface area (Å²) in [5, 5.41) is 8.52. The summed E-state index contributed by atoms with van der Waals surface area (Å²) < 4.78 is 2.12. The topological polar surface area (TPSA) is 50.2 Å². The van der Waals surface area contributed by atoms with Gasteiger partial charge in [0.1, 0.15) is 0 Å². The molecule has 0 saturated carbocycles. The second-order valence-electron chi connectivity index (χ2n) is 7.46. The molecule has 1 atom stereocenters. The Bertz CT molecular complexity index is 834. The first-order valence-electron chi connectivity index (χ1n) is 9.44. The predicted octanol–water partition coefficient (Wildman–Crippen LogP) is 2.75. The van der Waals surface area contributed by atoms with Gasteiger partial charge >= 0.3 is 0 Å². The first-order valence-corrected chi connectivity index (χ1v) is 9.44. The number of hydrogen-bond acceptors (Lipinski definition) is 3. The van der Waals surface area contributed by atoms with Crippen LogP contribution in [0.3, 0.4) is 0 Å². The van der Waals surface area contributed by atoms with Crippen LogP contribution in [0.25, 0.3) is 5.69 Å². The van der Waals surface area contributed by atoms with Crippen LogP contribution in [0.4, 0.5) is 0 Å². The molecule has 1 N–H and O–H groups in total. The standard InChI is InChI=1S/C21H26N4O/c1-4-20(26)24-12-10-17-21-18(13-24)22-11-9-19(21)25(23-17)16-7-5-15(6-8-16)14(2)3/h4-8,14,18,22H,1,9-13H2,2-3H3/t18-/m1/s1. The number of nitrogens with one attached hydrogen (secondary N) is 1. The van der Waals surface area contributed by atoms with E-state index in [1.165, 1.54) is 22.9 Å². The number of hydrogen-bond donors (Lipinski definition) is 1. The van der Waals surface area contributed by atoms with Crippen LogP contribution in [0.5, 0.6) is 0 Å². The summed E-state index contributed by atoms with van der Waals surface area (Å²) in [7, 11) is 0. The highest BCUT2D eigenvalue weighted by Gasteiger charge is 2.33. The van der Waals surface area contributed by atoms with Crippen molar-refractivity contribution in [2.75, 3.05) is 19.6 Å². The van der Waals surface area contributed by atoms with Crippen molar-refractivity contribution in [1.29, 1.82) is 0 Å². The summed E-state index contributed by atoms with van der Waals surface area (Å²) in [6.07, 6.45) is 3.15. The van der Waals surface area contributed by atoms with E-state index in [1.807, 2.05) is 4.90 Å². The third-order valence-corrected chi connectivity index (χ3v) is 5.51. The molecule has 1 amide bonds. The number of rotatable bonds is 3. The van der Waals surface area contributed by atoms with Crippen molar-refractivity contribution in [3.63, 3.8) is 0 Å². The van der Waals surface area contributed by atoms with E-state index in [0.29, 0.717) is 19.0 Å². The Morgan fingerprint density at radius 3 is 2.77 bits per heavy atom. The molecule has 2 aliphatic heterocycles. The minimum absolute atomic E-state index is 0.00114. The summed E-state index contributed by atoms with van der Waals surface area (Å²) in [6.45, 7) is 10.3. The number of carbonyl (C=O) groups excluding carboxylic acids is 1. The minimum Gasteiger partial charge on any atom is -0.337 e. The minimum atomic E-state index is 0.00114. The van der Waals surface area contributed by atoms with Gasteiger partial charge in [0.25, 0.3) is 0 Å². The van der Waals surface area contributed by atoms with E-state index in [-0.39, 0.29) is 11.9 Å². The Morgan fingerprint density at radius 1 is 1.31 bits per heavy atom. The van der Waals surface area contributed by atoms with Gasteiger partial charge in [0.15, 0.2) is 0 Å². The highest BCUT2D eigenvalue weighted by molar-refractivity contribution is 5.87. The van der Waals surface area contributed by atoms with E-state index in [2.05, 4.69) is 54.7 Å². The molecule has 4 rings (SSSR count). The Balaban J connectivity index is 1.71. The van der Waals surface area contributed by atoms with E-state index >= 15 is 0 Å². The van der Waals surface area contributed by atoms with Crippen molar-refractivity contribution in [3.05, 3.63) is 59.4 Å². The summed E-state index contributed by atoms with van der Waals surface area (Å²) >= 11 is 0. The second-order valence-corrected chi connectivity index (χ2v) is 7.46. The lowest BCUT2D eigenvalue weighted by molar-refractivity contribution is -0.126. The van der Waals surface area contributed by atoms with Crippen molar-refractivity contribution in [3.8, 4) is 5.69 Å². The normalized spacial score (nSPS) is 19.2. The van der Waals surface area contributed by atoms with Gasteiger partial charge in [-0.1, -0.05) is 32.6 Å². The van der Waals surface area contributed by atoms with Crippen molar-refractivity contribution < 1.29 is 4.79 Å². The molecule has 0 aliphatic carbocycles. The first kappa shape index (κ1) is 17.0. The Hall–Kier alpha value is -2.40. The third-order valence-electron chi connectivity index (χ3n) is 5.51. The average Bonchev–Trinajstić information content (AvgIpc) is 2.93. The summed E-state index contributed by atoms with van der Waals surface area (Å²) in [4.78, 5) is 14.0. The summed E-state index contributed by atoms with van der Waals surface area (Å²) in [5.41, 5.74) is 6.16. The molecule has 26 heavy (non-hydrogen) atoms. The monoisotopic (exact) mass is 350 g/mol. The van der Waals surface area contributed by atoms with Crippen LogP contribution >= 0.6 is 0 Å².